The fraction of sp³-hybridized carbons (Fsp3) is 0.591. The van der Waals surface area contributed by atoms with E-state index in [9.17, 15) is 23.2 Å². The molecule has 9 heteroatoms. The van der Waals surface area contributed by atoms with Crippen molar-refractivity contribution >= 4 is 17.7 Å². The van der Waals surface area contributed by atoms with Crippen LogP contribution < -0.4 is 10.6 Å². The second kappa shape index (κ2) is 7.63. The average molecular weight is 432 g/mol. The van der Waals surface area contributed by atoms with Gasteiger partial charge in [0.25, 0.3) is 11.8 Å². The van der Waals surface area contributed by atoms with E-state index in [1.165, 1.54) is 4.90 Å². The maximum atomic E-state index is 14.5. The van der Waals surface area contributed by atoms with Gasteiger partial charge in [-0.1, -0.05) is 12.1 Å². The third kappa shape index (κ3) is 3.53. The number of likely N-dealkylation sites (tertiary alicyclic amines) is 1. The smallest absolute Gasteiger partial charge is 0.276 e. The number of carbonyl (C=O) groups is 3. The Bertz CT molecular complexity index is 931. The molecule has 0 radical (unpaired) electrons. The van der Waals surface area contributed by atoms with Gasteiger partial charge in [-0.05, 0) is 55.5 Å². The van der Waals surface area contributed by atoms with Crippen LogP contribution in [-0.4, -0.2) is 65.2 Å². The van der Waals surface area contributed by atoms with Gasteiger partial charge in [-0.25, -0.2) is 8.78 Å². The number of nitrogens with zero attached hydrogens (tertiary/aromatic N) is 2. The number of benzene rings is 1. The predicted octanol–water partition coefficient (Wildman–Crippen LogP) is 1.27. The van der Waals surface area contributed by atoms with Gasteiger partial charge in [0.15, 0.2) is 0 Å². The molecular formula is C22H26F2N4O3. The van der Waals surface area contributed by atoms with Gasteiger partial charge >= 0.3 is 0 Å². The minimum Gasteiger partial charge on any atom is -0.322 e. The number of halogens is 2. The molecule has 1 aromatic carbocycles. The van der Waals surface area contributed by atoms with Gasteiger partial charge in [0.05, 0.1) is 12.6 Å². The molecule has 4 aliphatic rings. The molecule has 7 nitrogen and oxygen atoms in total. The molecule has 5 rings (SSSR count). The van der Waals surface area contributed by atoms with Gasteiger partial charge in [0.1, 0.15) is 6.04 Å². The lowest BCUT2D eigenvalue weighted by Gasteiger charge is -2.52. The van der Waals surface area contributed by atoms with Crippen LogP contribution in [0.4, 0.5) is 8.78 Å². The number of amides is 3. The molecule has 3 saturated heterocycles. The molecule has 166 valence electrons. The molecule has 4 aliphatic heterocycles. The van der Waals surface area contributed by atoms with Crippen molar-refractivity contribution in [2.75, 3.05) is 19.6 Å². The van der Waals surface area contributed by atoms with E-state index in [0.717, 1.165) is 37.1 Å². The fourth-order valence-corrected chi connectivity index (χ4v) is 5.59. The van der Waals surface area contributed by atoms with Gasteiger partial charge in [-0.15, -0.1) is 0 Å². The molecule has 1 aromatic rings. The topological polar surface area (TPSA) is 81.8 Å². The van der Waals surface area contributed by atoms with E-state index in [2.05, 4.69) is 10.6 Å². The first-order valence-corrected chi connectivity index (χ1v) is 10.9. The highest BCUT2D eigenvalue weighted by Crippen LogP contribution is 2.43. The molecule has 31 heavy (non-hydrogen) atoms. The van der Waals surface area contributed by atoms with Crippen LogP contribution >= 0.6 is 0 Å². The number of piperidine rings is 2. The van der Waals surface area contributed by atoms with E-state index < -0.39 is 23.9 Å². The summed E-state index contributed by atoms with van der Waals surface area (Å²) in [4.78, 5) is 40.1. The highest BCUT2D eigenvalue weighted by molar-refractivity contribution is 6.05. The molecule has 0 spiro atoms. The fourth-order valence-electron chi connectivity index (χ4n) is 5.59. The molecule has 2 N–H and O–H groups in total. The maximum absolute atomic E-state index is 14.5. The van der Waals surface area contributed by atoms with E-state index in [-0.39, 0.29) is 37.2 Å². The Labute approximate surface area is 179 Å². The average Bonchev–Trinajstić information content (AvgIpc) is 3.05. The minimum absolute atomic E-state index is 0.0386. The normalized spacial score (nSPS) is 29.0. The Morgan fingerprint density at radius 1 is 1.10 bits per heavy atom. The Morgan fingerprint density at radius 2 is 1.87 bits per heavy atom. The molecule has 3 fully saturated rings. The number of nitrogens with one attached hydrogen (secondary N) is 2. The van der Waals surface area contributed by atoms with Crippen molar-refractivity contribution in [3.8, 4) is 0 Å². The number of hydrogen-bond donors (Lipinski definition) is 2. The van der Waals surface area contributed by atoms with Crippen molar-refractivity contribution in [1.82, 2.24) is 20.4 Å². The van der Waals surface area contributed by atoms with Gasteiger partial charge in [-0.3, -0.25) is 24.6 Å². The highest BCUT2D eigenvalue weighted by atomic mass is 19.3. The minimum atomic E-state index is -2.69. The standard InChI is InChI=1S/C22H26F2N4O3/c23-22(24)12-27(19(22)13-6-8-25-9-7-13)10-14-2-1-3-15-16(14)11-28(21(15)31)17-4-5-18(29)26-20(17)30/h1-3,13,17,19,25H,4-12H2,(H,26,29,30). The summed E-state index contributed by atoms with van der Waals surface area (Å²) in [7, 11) is 0. The zero-order valence-electron chi connectivity index (χ0n) is 17.2. The number of alkyl halides is 2. The third-order valence-corrected chi connectivity index (χ3v) is 7.12. The van der Waals surface area contributed by atoms with Gasteiger partial charge in [0.2, 0.25) is 11.8 Å². The van der Waals surface area contributed by atoms with Crippen LogP contribution in [0.5, 0.6) is 0 Å². The maximum Gasteiger partial charge on any atom is 0.276 e. The number of rotatable bonds is 4. The molecule has 3 amide bonds. The summed E-state index contributed by atoms with van der Waals surface area (Å²) in [5, 5.41) is 5.53. The summed E-state index contributed by atoms with van der Waals surface area (Å²) in [6, 6.07) is 3.94. The number of carbonyl (C=O) groups excluding carboxylic acids is 3. The number of imide groups is 1. The van der Waals surface area contributed by atoms with Crippen LogP contribution in [-0.2, 0) is 22.7 Å². The Balaban J connectivity index is 1.35. The molecular weight excluding hydrogens is 406 g/mol. The molecule has 0 saturated carbocycles. The first-order chi connectivity index (χ1) is 14.8. The SMILES string of the molecule is O=C1CCC(N2Cc3c(CN4CC(F)(F)C4C4CCNCC4)cccc3C2=O)C(=O)N1. The summed E-state index contributed by atoms with van der Waals surface area (Å²) in [6.07, 6.45) is 1.98. The lowest BCUT2D eigenvalue weighted by Crippen LogP contribution is -2.68. The van der Waals surface area contributed by atoms with Crippen LogP contribution in [0, 0.1) is 5.92 Å². The quantitative estimate of drug-likeness (QED) is 0.701. The monoisotopic (exact) mass is 432 g/mol. The summed E-state index contributed by atoms with van der Waals surface area (Å²) in [6.45, 7) is 1.89. The third-order valence-electron chi connectivity index (χ3n) is 7.12. The van der Waals surface area contributed by atoms with Crippen molar-refractivity contribution in [2.24, 2.45) is 5.92 Å². The van der Waals surface area contributed by atoms with Crippen LogP contribution in [0.25, 0.3) is 0 Å². The van der Waals surface area contributed by atoms with Crippen molar-refractivity contribution in [2.45, 2.75) is 56.8 Å². The second-order valence-corrected chi connectivity index (χ2v) is 9.04. The van der Waals surface area contributed by atoms with Crippen LogP contribution in [0.3, 0.4) is 0 Å². The summed E-state index contributed by atoms with van der Waals surface area (Å²) in [5.41, 5.74) is 2.18. The van der Waals surface area contributed by atoms with E-state index in [1.807, 2.05) is 11.0 Å². The van der Waals surface area contributed by atoms with Gasteiger partial charge in [-0.2, -0.15) is 0 Å². The largest absolute Gasteiger partial charge is 0.322 e. The predicted molar refractivity (Wildman–Crippen MR) is 107 cm³/mol. The van der Waals surface area contributed by atoms with Crippen LogP contribution in [0.2, 0.25) is 0 Å². The van der Waals surface area contributed by atoms with E-state index in [1.54, 1.807) is 12.1 Å². The summed E-state index contributed by atoms with van der Waals surface area (Å²) >= 11 is 0. The van der Waals surface area contributed by atoms with Crippen LogP contribution in [0.15, 0.2) is 18.2 Å². The second-order valence-electron chi connectivity index (χ2n) is 9.04. The van der Waals surface area contributed by atoms with E-state index in [4.69, 9.17) is 0 Å². The first-order valence-electron chi connectivity index (χ1n) is 10.9. The zero-order chi connectivity index (χ0) is 21.8. The van der Waals surface area contributed by atoms with Crippen molar-refractivity contribution in [3.63, 3.8) is 0 Å². The van der Waals surface area contributed by atoms with Crippen molar-refractivity contribution in [3.05, 3.63) is 34.9 Å². The molecule has 0 aromatic heterocycles. The van der Waals surface area contributed by atoms with E-state index in [0.29, 0.717) is 18.5 Å². The lowest BCUT2D eigenvalue weighted by molar-refractivity contribution is -0.208. The molecule has 2 atom stereocenters. The zero-order valence-corrected chi connectivity index (χ0v) is 17.2. The van der Waals surface area contributed by atoms with E-state index >= 15 is 0 Å². The Kier molecular flexibility index (Phi) is 5.05. The number of fused-ring (bicyclic) bond motifs is 1. The summed E-state index contributed by atoms with van der Waals surface area (Å²) < 4.78 is 28.9. The summed E-state index contributed by atoms with van der Waals surface area (Å²) in [5.74, 6) is -3.74. The Morgan fingerprint density at radius 3 is 2.58 bits per heavy atom. The van der Waals surface area contributed by atoms with Gasteiger partial charge < -0.3 is 10.2 Å². The van der Waals surface area contributed by atoms with Crippen LogP contribution in [0.1, 0.15) is 47.2 Å². The first kappa shape index (κ1) is 20.5. The van der Waals surface area contributed by atoms with Crippen molar-refractivity contribution < 1.29 is 23.2 Å². The lowest BCUT2D eigenvalue weighted by atomic mass is 9.80. The Hall–Kier alpha value is -2.39. The highest BCUT2D eigenvalue weighted by Gasteiger charge is 2.57. The molecule has 0 aliphatic carbocycles. The number of hydrogen-bond acceptors (Lipinski definition) is 5. The van der Waals surface area contributed by atoms with Gasteiger partial charge in [0, 0.05) is 25.1 Å². The molecule has 4 heterocycles. The van der Waals surface area contributed by atoms with Crippen molar-refractivity contribution in [1.29, 1.82) is 0 Å². The molecule has 2 unspecified atom stereocenters. The molecule has 0 bridgehead atoms.